The number of nitrogens with two attached hydrogens (primary N) is 1. The molecule has 0 aromatic heterocycles. The van der Waals surface area contributed by atoms with Gasteiger partial charge in [-0.3, -0.25) is 4.79 Å². The summed E-state index contributed by atoms with van der Waals surface area (Å²) in [7, 11) is 0. The summed E-state index contributed by atoms with van der Waals surface area (Å²) in [6, 6.07) is 6.65. The van der Waals surface area contributed by atoms with Gasteiger partial charge in [-0.1, -0.05) is 6.07 Å². The van der Waals surface area contributed by atoms with E-state index < -0.39 is 17.5 Å². The van der Waals surface area contributed by atoms with E-state index in [1.54, 1.807) is 25.1 Å². The van der Waals surface area contributed by atoms with Crippen LogP contribution in [0.3, 0.4) is 0 Å². The average Bonchev–Trinajstić information content (AvgIpc) is 2.36. The molecule has 0 bridgehead atoms. The summed E-state index contributed by atoms with van der Waals surface area (Å²) >= 11 is 3.01. The van der Waals surface area contributed by atoms with Crippen molar-refractivity contribution in [2.45, 2.75) is 6.92 Å². The highest BCUT2D eigenvalue weighted by atomic mass is 79.9. The van der Waals surface area contributed by atoms with E-state index in [9.17, 15) is 13.6 Å². The minimum atomic E-state index is -0.855. The van der Waals surface area contributed by atoms with E-state index in [1.807, 2.05) is 0 Å². The Morgan fingerprint density at radius 2 is 2.00 bits per heavy atom. The molecule has 0 aliphatic heterocycles. The van der Waals surface area contributed by atoms with E-state index in [1.165, 1.54) is 0 Å². The van der Waals surface area contributed by atoms with Gasteiger partial charge in [0, 0.05) is 21.8 Å². The Kier molecular flexibility index (Phi) is 4.04. The molecular weight excluding hydrogens is 330 g/mol. The number of anilines is 2. The molecule has 3 N–H and O–H groups in total. The fourth-order valence-corrected chi connectivity index (χ4v) is 2.25. The van der Waals surface area contributed by atoms with Crippen LogP contribution >= 0.6 is 15.9 Å². The van der Waals surface area contributed by atoms with Crippen LogP contribution in [0.5, 0.6) is 0 Å². The van der Waals surface area contributed by atoms with Crippen LogP contribution < -0.4 is 11.1 Å². The number of rotatable bonds is 2. The number of carbonyl (C=O) groups excluding carboxylic acids is 1. The minimum Gasteiger partial charge on any atom is -0.398 e. The van der Waals surface area contributed by atoms with Gasteiger partial charge in [-0.25, -0.2) is 8.78 Å². The van der Waals surface area contributed by atoms with Gasteiger partial charge in [0.25, 0.3) is 5.91 Å². The lowest BCUT2D eigenvalue weighted by molar-refractivity contribution is 0.102. The molecule has 0 aliphatic carbocycles. The Labute approximate surface area is 122 Å². The second-order valence-corrected chi connectivity index (χ2v) is 5.07. The first-order valence-electron chi connectivity index (χ1n) is 5.71. The van der Waals surface area contributed by atoms with Crippen LogP contribution in [0, 0.1) is 18.6 Å². The van der Waals surface area contributed by atoms with E-state index in [0.717, 1.165) is 6.07 Å². The Bertz CT molecular complexity index is 666. The van der Waals surface area contributed by atoms with Crippen LogP contribution in [0.15, 0.2) is 34.8 Å². The van der Waals surface area contributed by atoms with Crippen LogP contribution in [0.25, 0.3) is 0 Å². The van der Waals surface area contributed by atoms with Crippen molar-refractivity contribution in [1.29, 1.82) is 0 Å². The molecule has 6 heteroatoms. The molecule has 0 unspecified atom stereocenters. The molecule has 0 fully saturated rings. The lowest BCUT2D eigenvalue weighted by atomic mass is 10.1. The summed E-state index contributed by atoms with van der Waals surface area (Å²) in [5, 5.41) is 2.41. The van der Waals surface area contributed by atoms with Crippen molar-refractivity contribution in [2.24, 2.45) is 0 Å². The third-order valence-corrected chi connectivity index (χ3v) is 3.49. The van der Waals surface area contributed by atoms with Gasteiger partial charge in [-0.05, 0) is 46.6 Å². The first-order valence-corrected chi connectivity index (χ1v) is 6.50. The maximum atomic E-state index is 13.7. The number of carbonyl (C=O) groups is 1. The fourth-order valence-electron chi connectivity index (χ4n) is 1.74. The smallest absolute Gasteiger partial charge is 0.256 e. The Morgan fingerprint density at radius 1 is 1.30 bits per heavy atom. The molecule has 0 spiro atoms. The Hall–Kier alpha value is -1.95. The van der Waals surface area contributed by atoms with Crippen molar-refractivity contribution in [1.82, 2.24) is 0 Å². The van der Waals surface area contributed by atoms with E-state index in [-0.39, 0.29) is 10.2 Å². The standard InChI is InChI=1S/C14H11BrF2N2O/c1-7-9(3-2-4-12(7)18)14(20)19-13-10(15)5-8(16)6-11(13)17/h2-6H,18H2,1H3,(H,19,20). The van der Waals surface area contributed by atoms with Crippen molar-refractivity contribution >= 4 is 33.2 Å². The van der Waals surface area contributed by atoms with Gasteiger partial charge in [0.2, 0.25) is 0 Å². The van der Waals surface area contributed by atoms with Gasteiger partial charge in [-0.2, -0.15) is 0 Å². The van der Waals surface area contributed by atoms with Gasteiger partial charge in [0.15, 0.2) is 5.82 Å². The van der Waals surface area contributed by atoms with Crippen molar-refractivity contribution in [2.75, 3.05) is 11.1 Å². The fraction of sp³-hybridized carbons (Fsp3) is 0.0714. The monoisotopic (exact) mass is 340 g/mol. The predicted molar refractivity (Wildman–Crippen MR) is 77.6 cm³/mol. The maximum absolute atomic E-state index is 13.7. The number of nitrogens with one attached hydrogen (secondary N) is 1. The molecule has 0 heterocycles. The molecule has 1 amide bonds. The molecule has 0 aliphatic rings. The molecule has 3 nitrogen and oxygen atoms in total. The first-order chi connectivity index (χ1) is 9.40. The Balaban J connectivity index is 2.36. The molecule has 0 radical (unpaired) electrons. The molecule has 104 valence electrons. The second-order valence-electron chi connectivity index (χ2n) is 4.22. The van der Waals surface area contributed by atoms with Crippen LogP contribution in [0.1, 0.15) is 15.9 Å². The van der Waals surface area contributed by atoms with E-state index >= 15 is 0 Å². The highest BCUT2D eigenvalue weighted by Crippen LogP contribution is 2.28. The zero-order valence-corrected chi connectivity index (χ0v) is 12.1. The number of hydrogen-bond donors (Lipinski definition) is 2. The average molecular weight is 341 g/mol. The number of nitrogen functional groups attached to an aromatic ring is 1. The molecule has 0 saturated carbocycles. The number of halogens is 3. The largest absolute Gasteiger partial charge is 0.398 e. The van der Waals surface area contributed by atoms with Crippen molar-refractivity contribution in [3.63, 3.8) is 0 Å². The molecule has 2 aromatic carbocycles. The van der Waals surface area contributed by atoms with Gasteiger partial charge in [-0.15, -0.1) is 0 Å². The van der Waals surface area contributed by atoms with E-state index in [0.29, 0.717) is 22.9 Å². The third-order valence-electron chi connectivity index (χ3n) is 2.87. The lowest BCUT2D eigenvalue weighted by Gasteiger charge is -2.11. The van der Waals surface area contributed by atoms with E-state index in [4.69, 9.17) is 5.73 Å². The summed E-state index contributed by atoms with van der Waals surface area (Å²) in [5.74, 6) is -2.10. The van der Waals surface area contributed by atoms with Crippen molar-refractivity contribution in [3.8, 4) is 0 Å². The first kappa shape index (κ1) is 14.5. The summed E-state index contributed by atoms with van der Waals surface area (Å²) in [4.78, 5) is 12.1. The highest BCUT2D eigenvalue weighted by molar-refractivity contribution is 9.10. The topological polar surface area (TPSA) is 55.1 Å². The number of hydrogen-bond acceptors (Lipinski definition) is 2. The van der Waals surface area contributed by atoms with Crippen LogP contribution in [0.4, 0.5) is 20.2 Å². The normalized spacial score (nSPS) is 10.4. The predicted octanol–water partition coefficient (Wildman–Crippen LogP) is 3.87. The highest BCUT2D eigenvalue weighted by Gasteiger charge is 2.16. The zero-order valence-electron chi connectivity index (χ0n) is 10.5. The van der Waals surface area contributed by atoms with Gasteiger partial charge in [0.05, 0.1) is 5.69 Å². The zero-order chi connectivity index (χ0) is 14.9. The molecule has 0 saturated heterocycles. The molecule has 20 heavy (non-hydrogen) atoms. The van der Waals surface area contributed by atoms with Crippen LogP contribution in [0.2, 0.25) is 0 Å². The SMILES string of the molecule is Cc1c(N)cccc1C(=O)Nc1c(F)cc(F)cc1Br. The third kappa shape index (κ3) is 2.80. The summed E-state index contributed by atoms with van der Waals surface area (Å²) in [6.07, 6.45) is 0. The second kappa shape index (κ2) is 5.58. The molecule has 2 rings (SSSR count). The van der Waals surface area contributed by atoms with Crippen molar-refractivity contribution < 1.29 is 13.6 Å². The maximum Gasteiger partial charge on any atom is 0.256 e. The quantitative estimate of drug-likeness (QED) is 0.815. The van der Waals surface area contributed by atoms with Crippen LogP contribution in [-0.4, -0.2) is 5.91 Å². The van der Waals surface area contributed by atoms with Crippen molar-refractivity contribution in [3.05, 3.63) is 57.6 Å². The van der Waals surface area contributed by atoms with Gasteiger partial charge < -0.3 is 11.1 Å². The molecule has 2 aromatic rings. The van der Waals surface area contributed by atoms with Gasteiger partial charge in [0.1, 0.15) is 5.82 Å². The summed E-state index contributed by atoms with van der Waals surface area (Å²) in [5.41, 5.74) is 7.01. The Morgan fingerprint density at radius 3 is 2.65 bits per heavy atom. The van der Waals surface area contributed by atoms with Gasteiger partial charge >= 0.3 is 0 Å². The number of amides is 1. The summed E-state index contributed by atoms with van der Waals surface area (Å²) < 4.78 is 26.8. The minimum absolute atomic E-state index is 0.113. The van der Waals surface area contributed by atoms with E-state index in [2.05, 4.69) is 21.2 Å². The lowest BCUT2D eigenvalue weighted by Crippen LogP contribution is -2.15. The molecular formula is C14H11BrF2N2O. The summed E-state index contributed by atoms with van der Waals surface area (Å²) in [6.45, 7) is 1.69. The number of benzene rings is 2. The molecule has 0 atom stereocenters. The van der Waals surface area contributed by atoms with Crippen LogP contribution in [-0.2, 0) is 0 Å².